The lowest BCUT2D eigenvalue weighted by atomic mass is 10.0. The van der Waals surface area contributed by atoms with Crippen LogP contribution in [0.5, 0.6) is 5.75 Å². The average molecular weight is 343 g/mol. The van der Waals surface area contributed by atoms with Gasteiger partial charge >= 0.3 is 5.97 Å². The number of rotatable bonds is 5. The van der Waals surface area contributed by atoms with E-state index in [1.54, 1.807) is 0 Å². The van der Waals surface area contributed by atoms with Crippen molar-refractivity contribution in [3.05, 3.63) is 95.7 Å². The van der Waals surface area contributed by atoms with Crippen LogP contribution in [-0.2, 0) is 17.6 Å². The molecule has 0 fully saturated rings. The summed E-state index contributed by atoms with van der Waals surface area (Å²) in [6.45, 7) is 0. The second-order valence-electron chi connectivity index (χ2n) is 6.05. The van der Waals surface area contributed by atoms with Crippen LogP contribution in [0.25, 0.3) is 11.0 Å². The maximum atomic E-state index is 12.4. The Morgan fingerprint density at radius 2 is 1.62 bits per heavy atom. The van der Waals surface area contributed by atoms with Crippen molar-refractivity contribution in [1.82, 2.24) is 5.16 Å². The van der Waals surface area contributed by atoms with Crippen LogP contribution in [0.15, 0.2) is 83.4 Å². The Morgan fingerprint density at radius 3 is 2.50 bits per heavy atom. The number of esters is 1. The van der Waals surface area contributed by atoms with Gasteiger partial charge in [-0.15, -0.1) is 0 Å². The number of aromatic nitrogens is 1. The van der Waals surface area contributed by atoms with Gasteiger partial charge in [-0.05, 0) is 29.3 Å². The molecule has 26 heavy (non-hydrogen) atoms. The quantitative estimate of drug-likeness (QED) is 0.393. The van der Waals surface area contributed by atoms with E-state index in [0.29, 0.717) is 23.4 Å². The van der Waals surface area contributed by atoms with E-state index in [0.717, 1.165) is 10.9 Å². The van der Waals surface area contributed by atoms with Gasteiger partial charge in [0.15, 0.2) is 5.58 Å². The molecule has 4 rings (SSSR count). The van der Waals surface area contributed by atoms with E-state index < -0.39 is 0 Å². The highest BCUT2D eigenvalue weighted by Gasteiger charge is 2.15. The predicted molar refractivity (Wildman–Crippen MR) is 99.0 cm³/mol. The van der Waals surface area contributed by atoms with Crippen molar-refractivity contribution in [2.45, 2.75) is 12.8 Å². The molecule has 0 N–H and O–H groups in total. The van der Waals surface area contributed by atoms with Crippen molar-refractivity contribution in [2.75, 3.05) is 0 Å². The number of ether oxygens (including phenoxy) is 1. The van der Waals surface area contributed by atoms with Crippen molar-refractivity contribution < 1.29 is 14.1 Å². The number of benzene rings is 3. The van der Waals surface area contributed by atoms with Gasteiger partial charge < -0.3 is 9.26 Å². The summed E-state index contributed by atoms with van der Waals surface area (Å²) < 4.78 is 10.9. The number of hydrogen-bond acceptors (Lipinski definition) is 4. The van der Waals surface area contributed by atoms with Crippen molar-refractivity contribution in [1.29, 1.82) is 0 Å². The molecule has 0 amide bonds. The van der Waals surface area contributed by atoms with Crippen LogP contribution in [0, 0.1) is 0 Å². The number of para-hydroxylation sites is 2. The zero-order chi connectivity index (χ0) is 17.8. The third kappa shape index (κ3) is 3.49. The van der Waals surface area contributed by atoms with Crippen molar-refractivity contribution in [3.63, 3.8) is 0 Å². The molecule has 0 bridgehead atoms. The lowest BCUT2D eigenvalue weighted by molar-refractivity contribution is -0.133. The van der Waals surface area contributed by atoms with Crippen molar-refractivity contribution in [2.24, 2.45) is 0 Å². The number of nitrogens with zero attached hydrogens (tertiary/aromatic N) is 1. The van der Waals surface area contributed by atoms with E-state index in [-0.39, 0.29) is 12.4 Å². The molecule has 0 saturated carbocycles. The highest BCUT2D eigenvalue weighted by Crippen LogP contribution is 2.23. The van der Waals surface area contributed by atoms with Crippen LogP contribution in [0.1, 0.15) is 16.8 Å². The molecule has 4 nitrogen and oxygen atoms in total. The number of hydrogen-bond donors (Lipinski definition) is 0. The van der Waals surface area contributed by atoms with Crippen LogP contribution in [0.4, 0.5) is 0 Å². The molecule has 3 aromatic carbocycles. The first-order chi connectivity index (χ1) is 12.8. The standard InChI is InChI=1S/C22H17NO3/c24-22(15-19-18-11-5-7-13-21(18)26-23-19)25-20-12-6-4-10-17(20)14-16-8-2-1-3-9-16/h1-13H,14-15H2. The van der Waals surface area contributed by atoms with Crippen molar-refractivity contribution >= 4 is 16.9 Å². The molecule has 0 aliphatic heterocycles. The Kier molecular flexibility index (Phi) is 4.48. The largest absolute Gasteiger partial charge is 0.426 e. The molecule has 0 spiro atoms. The highest BCUT2D eigenvalue weighted by atomic mass is 16.5. The second kappa shape index (κ2) is 7.23. The zero-order valence-corrected chi connectivity index (χ0v) is 14.1. The van der Waals surface area contributed by atoms with E-state index in [2.05, 4.69) is 17.3 Å². The van der Waals surface area contributed by atoms with Crippen molar-refractivity contribution in [3.8, 4) is 5.75 Å². The molecule has 0 atom stereocenters. The van der Waals surface area contributed by atoms with E-state index in [1.165, 1.54) is 5.56 Å². The zero-order valence-electron chi connectivity index (χ0n) is 14.1. The SMILES string of the molecule is O=C(Cc1noc2ccccc12)Oc1ccccc1Cc1ccccc1. The van der Waals surface area contributed by atoms with Crippen LogP contribution >= 0.6 is 0 Å². The molecule has 128 valence electrons. The van der Waals surface area contributed by atoms with Gasteiger partial charge in [-0.1, -0.05) is 65.8 Å². The maximum Gasteiger partial charge on any atom is 0.317 e. The van der Waals surface area contributed by atoms with Crippen LogP contribution in [0.3, 0.4) is 0 Å². The Bertz CT molecular complexity index is 1040. The number of carbonyl (C=O) groups excluding carboxylic acids is 1. The van der Waals surface area contributed by atoms with Gasteiger partial charge in [0.2, 0.25) is 0 Å². The summed E-state index contributed by atoms with van der Waals surface area (Å²) in [5, 5.41) is 4.83. The molecule has 1 heterocycles. The average Bonchev–Trinajstić information content (AvgIpc) is 3.07. The molecule has 0 aliphatic carbocycles. The summed E-state index contributed by atoms with van der Waals surface area (Å²) in [4.78, 5) is 12.4. The first-order valence-electron chi connectivity index (χ1n) is 8.45. The molecular weight excluding hydrogens is 326 g/mol. The Hall–Kier alpha value is -3.40. The van der Waals surface area contributed by atoms with E-state index >= 15 is 0 Å². The van der Waals surface area contributed by atoms with Gasteiger partial charge in [-0.3, -0.25) is 4.79 Å². The van der Waals surface area contributed by atoms with Crippen LogP contribution in [0.2, 0.25) is 0 Å². The highest BCUT2D eigenvalue weighted by molar-refractivity contribution is 5.84. The third-order valence-electron chi connectivity index (χ3n) is 4.20. The predicted octanol–water partition coefficient (Wildman–Crippen LogP) is 4.57. The first kappa shape index (κ1) is 16.1. The topological polar surface area (TPSA) is 52.3 Å². The number of carbonyl (C=O) groups is 1. The van der Waals surface area contributed by atoms with Gasteiger partial charge in [0, 0.05) is 11.8 Å². The monoisotopic (exact) mass is 343 g/mol. The molecule has 0 aliphatic rings. The van der Waals surface area contributed by atoms with Crippen LogP contribution in [-0.4, -0.2) is 11.1 Å². The molecule has 4 aromatic rings. The molecular formula is C22H17NO3. The Morgan fingerprint density at radius 1 is 0.885 bits per heavy atom. The molecule has 0 radical (unpaired) electrons. The maximum absolute atomic E-state index is 12.4. The minimum atomic E-state index is -0.357. The summed E-state index contributed by atoms with van der Waals surface area (Å²) >= 11 is 0. The smallest absolute Gasteiger partial charge is 0.317 e. The fourth-order valence-corrected chi connectivity index (χ4v) is 2.93. The summed E-state index contributed by atoms with van der Waals surface area (Å²) in [7, 11) is 0. The lowest BCUT2D eigenvalue weighted by Crippen LogP contribution is -2.13. The summed E-state index contributed by atoms with van der Waals surface area (Å²) in [6.07, 6.45) is 0.772. The first-order valence-corrected chi connectivity index (χ1v) is 8.45. The molecule has 1 aromatic heterocycles. The van der Waals surface area contributed by atoms with Gasteiger partial charge in [0.05, 0.1) is 6.42 Å². The molecule has 0 saturated heterocycles. The minimum absolute atomic E-state index is 0.0662. The normalized spacial score (nSPS) is 10.8. The second-order valence-corrected chi connectivity index (χ2v) is 6.05. The molecule has 4 heteroatoms. The van der Waals surface area contributed by atoms with E-state index in [9.17, 15) is 4.79 Å². The van der Waals surface area contributed by atoms with Gasteiger partial charge in [0.1, 0.15) is 11.4 Å². The van der Waals surface area contributed by atoms with Gasteiger partial charge in [0.25, 0.3) is 0 Å². The molecule has 0 unspecified atom stereocenters. The van der Waals surface area contributed by atoms with Gasteiger partial charge in [-0.25, -0.2) is 0 Å². The van der Waals surface area contributed by atoms with E-state index in [1.807, 2.05) is 66.7 Å². The fourth-order valence-electron chi connectivity index (χ4n) is 2.93. The van der Waals surface area contributed by atoms with Crippen LogP contribution < -0.4 is 4.74 Å². The van der Waals surface area contributed by atoms with Gasteiger partial charge in [-0.2, -0.15) is 0 Å². The lowest BCUT2D eigenvalue weighted by Gasteiger charge is -2.10. The third-order valence-corrected chi connectivity index (χ3v) is 4.20. The summed E-state index contributed by atoms with van der Waals surface area (Å²) in [6, 6.07) is 25.2. The number of fused-ring (bicyclic) bond motifs is 1. The Labute approximate surface area is 151 Å². The minimum Gasteiger partial charge on any atom is -0.426 e. The fraction of sp³-hybridized carbons (Fsp3) is 0.0909. The van der Waals surface area contributed by atoms with E-state index in [4.69, 9.17) is 9.26 Å². The summed E-state index contributed by atoms with van der Waals surface area (Å²) in [5.41, 5.74) is 3.39. The Balaban J connectivity index is 1.51. The summed E-state index contributed by atoms with van der Waals surface area (Å²) in [5.74, 6) is 0.221.